The highest BCUT2D eigenvalue weighted by atomic mass is 16.6. The molecule has 4 rings (SSSR count). The van der Waals surface area contributed by atoms with Gasteiger partial charge in [0.25, 0.3) is 5.69 Å². The monoisotopic (exact) mass is 380 g/mol. The second kappa shape index (κ2) is 6.09. The van der Waals surface area contributed by atoms with Crippen molar-refractivity contribution in [3.8, 4) is 5.75 Å². The summed E-state index contributed by atoms with van der Waals surface area (Å²) in [6.07, 6.45) is 3.69. The minimum atomic E-state index is -0.921. The molecular formula is C21H20N2O5. The topological polar surface area (TPSA) is 92.9 Å². The normalized spacial score (nSPS) is 21.1. The van der Waals surface area contributed by atoms with Crippen LogP contribution in [0.4, 0.5) is 11.4 Å². The lowest BCUT2D eigenvalue weighted by atomic mass is 9.76. The molecule has 7 nitrogen and oxygen atoms in total. The van der Waals surface area contributed by atoms with Crippen LogP contribution in [0.15, 0.2) is 48.5 Å². The molecule has 0 amide bonds. The Hall–Kier alpha value is -3.35. The maximum atomic E-state index is 11.3. The molecule has 0 saturated heterocycles. The number of non-ortho nitro benzene ring substituents is 1. The Morgan fingerprint density at radius 1 is 1.25 bits per heavy atom. The van der Waals surface area contributed by atoms with Crippen molar-refractivity contribution in [3.05, 3.63) is 69.8 Å². The second-order valence-corrected chi connectivity index (χ2v) is 7.55. The van der Waals surface area contributed by atoms with Gasteiger partial charge in [-0.05, 0) is 43.7 Å². The molecule has 0 radical (unpaired) electrons. The lowest BCUT2D eigenvalue weighted by Crippen LogP contribution is -2.59. The minimum Gasteiger partial charge on any atom is -0.481 e. The van der Waals surface area contributed by atoms with Gasteiger partial charge in [0.05, 0.1) is 16.8 Å². The van der Waals surface area contributed by atoms with E-state index in [0.717, 1.165) is 11.3 Å². The van der Waals surface area contributed by atoms with E-state index in [1.807, 2.05) is 41.3 Å². The van der Waals surface area contributed by atoms with E-state index >= 15 is 0 Å². The van der Waals surface area contributed by atoms with Crippen molar-refractivity contribution < 1.29 is 19.6 Å². The summed E-state index contributed by atoms with van der Waals surface area (Å²) in [5.74, 6) is -0.345. The quantitative estimate of drug-likeness (QED) is 0.637. The van der Waals surface area contributed by atoms with Gasteiger partial charge in [0, 0.05) is 29.9 Å². The number of hydrogen-bond donors (Lipinski definition) is 1. The number of anilines is 1. The molecule has 7 heteroatoms. The molecule has 2 aromatic carbocycles. The number of hydrogen-bond acceptors (Lipinski definition) is 5. The molecule has 0 unspecified atom stereocenters. The molecular weight excluding hydrogens is 360 g/mol. The van der Waals surface area contributed by atoms with Gasteiger partial charge in [-0.3, -0.25) is 14.9 Å². The maximum Gasteiger partial charge on any atom is 0.305 e. The molecule has 1 N–H and O–H groups in total. The predicted molar refractivity (Wildman–Crippen MR) is 105 cm³/mol. The summed E-state index contributed by atoms with van der Waals surface area (Å²) in [7, 11) is 0. The molecule has 2 aliphatic rings. The molecule has 1 spiro atoms. The summed E-state index contributed by atoms with van der Waals surface area (Å²) in [6.45, 7) is 4.41. The highest BCUT2D eigenvalue weighted by Crippen LogP contribution is 2.55. The summed E-state index contributed by atoms with van der Waals surface area (Å²) < 4.78 is 6.48. The fraction of sp³-hybridized carbons (Fsp3) is 0.286. The number of aliphatic carboxylic acids is 1. The number of fused-ring (bicyclic) bond motifs is 2. The molecule has 0 bridgehead atoms. The SMILES string of the molecule is CC1(C)c2ccccc2N(CCC(=O)O)[C@]12C=Cc1cc([N+](=O)[O-])ccc1O2. The van der Waals surface area contributed by atoms with Gasteiger partial charge < -0.3 is 14.7 Å². The molecule has 1 atom stereocenters. The fourth-order valence-electron chi connectivity index (χ4n) is 4.20. The first-order valence-electron chi connectivity index (χ1n) is 9.02. The zero-order valence-electron chi connectivity index (χ0n) is 15.6. The van der Waals surface area contributed by atoms with E-state index in [4.69, 9.17) is 4.74 Å². The van der Waals surface area contributed by atoms with Crippen LogP contribution in [-0.2, 0) is 10.2 Å². The summed E-state index contributed by atoms with van der Waals surface area (Å²) in [6, 6.07) is 12.4. The smallest absolute Gasteiger partial charge is 0.305 e. The molecule has 0 saturated carbocycles. The lowest BCUT2D eigenvalue weighted by molar-refractivity contribution is -0.384. The van der Waals surface area contributed by atoms with Crippen molar-refractivity contribution in [2.24, 2.45) is 0 Å². The molecule has 144 valence electrons. The minimum absolute atomic E-state index is 0.000323. The van der Waals surface area contributed by atoms with Crippen LogP contribution in [0, 0.1) is 10.1 Å². The van der Waals surface area contributed by atoms with Crippen LogP contribution in [-0.4, -0.2) is 28.3 Å². The number of benzene rings is 2. The Morgan fingerprint density at radius 2 is 2.00 bits per heavy atom. The number of nitro groups is 1. The molecule has 2 aliphatic heterocycles. The third-order valence-corrected chi connectivity index (χ3v) is 5.67. The zero-order valence-corrected chi connectivity index (χ0v) is 15.6. The van der Waals surface area contributed by atoms with Crippen LogP contribution < -0.4 is 9.64 Å². The van der Waals surface area contributed by atoms with Crippen LogP contribution in [0.25, 0.3) is 6.08 Å². The van der Waals surface area contributed by atoms with E-state index in [1.165, 1.54) is 12.1 Å². The van der Waals surface area contributed by atoms with Crippen LogP contribution in [0.1, 0.15) is 31.4 Å². The van der Waals surface area contributed by atoms with Crippen molar-refractivity contribution >= 4 is 23.4 Å². The molecule has 0 fully saturated rings. The summed E-state index contributed by atoms with van der Waals surface area (Å²) in [5.41, 5.74) is 1.23. The average molecular weight is 380 g/mol. The third-order valence-electron chi connectivity index (χ3n) is 5.67. The zero-order chi connectivity index (χ0) is 20.1. The predicted octanol–water partition coefficient (Wildman–Crippen LogP) is 3.97. The number of carbonyl (C=O) groups is 1. The summed E-state index contributed by atoms with van der Waals surface area (Å²) >= 11 is 0. The molecule has 0 aromatic heterocycles. The van der Waals surface area contributed by atoms with Crippen LogP contribution in [0.5, 0.6) is 5.75 Å². The van der Waals surface area contributed by atoms with Gasteiger partial charge in [0.2, 0.25) is 5.72 Å². The van der Waals surface area contributed by atoms with Crippen LogP contribution in [0.2, 0.25) is 0 Å². The van der Waals surface area contributed by atoms with E-state index in [2.05, 4.69) is 13.8 Å². The number of rotatable bonds is 4. The first kappa shape index (κ1) is 18.0. The Labute approximate surface area is 162 Å². The number of para-hydroxylation sites is 1. The molecule has 2 heterocycles. The third kappa shape index (κ3) is 2.46. The van der Waals surface area contributed by atoms with Crippen molar-refractivity contribution in [1.29, 1.82) is 0 Å². The second-order valence-electron chi connectivity index (χ2n) is 7.55. The maximum absolute atomic E-state index is 11.3. The van der Waals surface area contributed by atoms with E-state index in [-0.39, 0.29) is 18.7 Å². The first-order valence-corrected chi connectivity index (χ1v) is 9.02. The molecule has 2 aromatic rings. The van der Waals surface area contributed by atoms with E-state index in [9.17, 15) is 20.0 Å². The van der Waals surface area contributed by atoms with Gasteiger partial charge in [0.1, 0.15) is 5.75 Å². The van der Waals surface area contributed by atoms with Crippen LogP contribution in [0.3, 0.4) is 0 Å². The number of nitro benzene ring substituents is 1. The molecule has 28 heavy (non-hydrogen) atoms. The number of carboxylic acid groups (broad SMARTS) is 1. The number of carboxylic acids is 1. The van der Waals surface area contributed by atoms with Crippen LogP contribution >= 0.6 is 0 Å². The van der Waals surface area contributed by atoms with Gasteiger partial charge >= 0.3 is 5.97 Å². The lowest BCUT2D eigenvalue weighted by Gasteiger charge is -2.47. The number of nitrogens with zero attached hydrogens (tertiary/aromatic N) is 2. The summed E-state index contributed by atoms with van der Waals surface area (Å²) in [5, 5.41) is 20.3. The Bertz CT molecular complexity index is 1010. The van der Waals surface area contributed by atoms with Crippen molar-refractivity contribution in [2.45, 2.75) is 31.4 Å². The average Bonchev–Trinajstić information content (AvgIpc) is 2.84. The largest absolute Gasteiger partial charge is 0.481 e. The van der Waals surface area contributed by atoms with Gasteiger partial charge in [-0.15, -0.1) is 0 Å². The Morgan fingerprint density at radius 3 is 2.71 bits per heavy atom. The highest BCUT2D eigenvalue weighted by Gasteiger charge is 2.58. The standard InChI is InChI=1S/C21H20N2O5/c1-20(2)16-5-3-4-6-17(16)22(12-10-19(24)25)21(20)11-9-14-13-15(23(26)27)7-8-18(14)28-21/h3-9,11,13H,10,12H2,1-2H3,(H,24,25)/t21-/m0/s1. The van der Waals surface area contributed by atoms with E-state index in [0.29, 0.717) is 11.3 Å². The first-order chi connectivity index (χ1) is 13.3. The van der Waals surface area contributed by atoms with Gasteiger partial charge in [-0.1, -0.05) is 18.2 Å². The van der Waals surface area contributed by atoms with Gasteiger partial charge in [0.15, 0.2) is 0 Å². The van der Waals surface area contributed by atoms with Crippen molar-refractivity contribution in [2.75, 3.05) is 11.4 Å². The van der Waals surface area contributed by atoms with Crippen molar-refractivity contribution in [3.63, 3.8) is 0 Å². The molecule has 0 aliphatic carbocycles. The van der Waals surface area contributed by atoms with Crippen molar-refractivity contribution in [1.82, 2.24) is 0 Å². The Balaban J connectivity index is 1.83. The van der Waals surface area contributed by atoms with Gasteiger partial charge in [-0.2, -0.15) is 0 Å². The fourth-order valence-corrected chi connectivity index (χ4v) is 4.20. The van der Waals surface area contributed by atoms with E-state index < -0.39 is 22.0 Å². The summed E-state index contributed by atoms with van der Waals surface area (Å²) in [4.78, 5) is 23.9. The number of ether oxygens (including phenoxy) is 1. The van der Waals surface area contributed by atoms with E-state index in [1.54, 1.807) is 6.07 Å². The van der Waals surface area contributed by atoms with Gasteiger partial charge in [-0.25, -0.2) is 0 Å². The highest BCUT2D eigenvalue weighted by molar-refractivity contribution is 5.74. The Kier molecular flexibility index (Phi) is 3.92.